The number of alkyl halides is 1. The molecule has 4 heteroatoms. The normalized spacial score (nSPS) is 25.3. The molecule has 0 amide bonds. The Kier molecular flexibility index (Phi) is 5.70. The second-order valence-corrected chi connectivity index (χ2v) is 6.27. The van der Waals surface area contributed by atoms with Crippen LogP contribution in [0.5, 0.6) is 0 Å². The predicted molar refractivity (Wildman–Crippen MR) is 80.7 cm³/mol. The van der Waals surface area contributed by atoms with Crippen molar-refractivity contribution in [2.45, 2.75) is 45.2 Å². The Labute approximate surface area is 122 Å². The zero-order valence-electron chi connectivity index (χ0n) is 12.5. The Morgan fingerprint density at radius 3 is 2.11 bits per heavy atom. The summed E-state index contributed by atoms with van der Waals surface area (Å²) < 4.78 is 5.45. The van der Waals surface area contributed by atoms with Crippen LogP contribution in [0.1, 0.15) is 33.6 Å². The van der Waals surface area contributed by atoms with Crippen molar-refractivity contribution in [3.8, 4) is 0 Å². The summed E-state index contributed by atoms with van der Waals surface area (Å²) >= 11 is 6.77. The van der Waals surface area contributed by atoms with E-state index in [2.05, 4.69) is 30.6 Å². The van der Waals surface area contributed by atoms with Crippen molar-refractivity contribution in [3.63, 3.8) is 0 Å². The van der Waals surface area contributed by atoms with Gasteiger partial charge in [-0.2, -0.15) is 0 Å². The van der Waals surface area contributed by atoms with Crippen molar-refractivity contribution >= 4 is 11.6 Å². The highest BCUT2D eigenvalue weighted by atomic mass is 35.5. The van der Waals surface area contributed by atoms with E-state index in [1.807, 2.05) is 0 Å². The minimum atomic E-state index is 0.0605. The topological polar surface area (TPSA) is 15.7 Å². The molecule has 2 saturated heterocycles. The molecule has 0 N–H and O–H groups in total. The number of hydrogen-bond acceptors (Lipinski definition) is 3. The highest BCUT2D eigenvalue weighted by Gasteiger charge is 2.30. The molecule has 2 heterocycles. The lowest BCUT2D eigenvalue weighted by molar-refractivity contribution is 0.0251. The lowest BCUT2D eigenvalue weighted by atomic mass is 10.0. The van der Waals surface area contributed by atoms with Gasteiger partial charge in [0, 0.05) is 19.1 Å². The van der Waals surface area contributed by atoms with Gasteiger partial charge < -0.3 is 4.74 Å². The summed E-state index contributed by atoms with van der Waals surface area (Å²) in [4.78, 5) is 4.91. The van der Waals surface area contributed by atoms with Gasteiger partial charge in [0.05, 0.1) is 13.2 Å². The van der Waals surface area contributed by atoms with Gasteiger partial charge in [0.25, 0.3) is 0 Å². The van der Waals surface area contributed by atoms with E-state index in [4.69, 9.17) is 16.3 Å². The van der Waals surface area contributed by atoms with Crippen LogP contribution in [-0.2, 0) is 4.74 Å². The molecule has 2 atom stereocenters. The van der Waals surface area contributed by atoms with E-state index in [1.165, 1.54) is 24.0 Å². The molecule has 2 aliphatic rings. The van der Waals surface area contributed by atoms with Crippen LogP contribution in [0, 0.1) is 0 Å². The number of nitrogens with zero attached hydrogens (tertiary/aromatic N) is 2. The highest BCUT2D eigenvalue weighted by Crippen LogP contribution is 2.28. The maximum Gasteiger partial charge on any atom is 0.108 e. The molecular weight excluding hydrogens is 260 g/mol. The second kappa shape index (κ2) is 7.07. The van der Waals surface area contributed by atoms with E-state index < -0.39 is 0 Å². The molecule has 0 aliphatic carbocycles. The first-order chi connectivity index (χ1) is 9.11. The van der Waals surface area contributed by atoms with Crippen LogP contribution in [0.3, 0.4) is 0 Å². The minimum absolute atomic E-state index is 0.0605. The molecule has 19 heavy (non-hydrogen) atoms. The van der Waals surface area contributed by atoms with E-state index in [0.29, 0.717) is 6.04 Å². The molecule has 2 unspecified atom stereocenters. The van der Waals surface area contributed by atoms with E-state index in [-0.39, 0.29) is 5.50 Å². The van der Waals surface area contributed by atoms with Crippen molar-refractivity contribution in [3.05, 3.63) is 11.1 Å². The summed E-state index contributed by atoms with van der Waals surface area (Å²) in [5.41, 5.74) is 2.82. The van der Waals surface area contributed by atoms with Gasteiger partial charge in [0.15, 0.2) is 0 Å². The molecule has 3 nitrogen and oxygen atoms in total. The molecule has 0 aromatic rings. The number of ether oxygens (including phenoxy) is 1. The molecule has 2 rings (SSSR count). The van der Waals surface area contributed by atoms with Crippen LogP contribution in [0.4, 0.5) is 0 Å². The van der Waals surface area contributed by atoms with Crippen LogP contribution in [-0.4, -0.2) is 60.7 Å². The van der Waals surface area contributed by atoms with E-state index in [0.717, 1.165) is 39.4 Å². The molecule has 110 valence electrons. The lowest BCUT2D eigenvalue weighted by Gasteiger charge is -2.37. The Bertz CT molecular complexity index is 316. The third-order valence-electron chi connectivity index (χ3n) is 4.34. The summed E-state index contributed by atoms with van der Waals surface area (Å²) in [6, 6.07) is 0.414. The van der Waals surface area contributed by atoms with Gasteiger partial charge in [0.2, 0.25) is 0 Å². The van der Waals surface area contributed by atoms with Gasteiger partial charge in [0.1, 0.15) is 5.50 Å². The maximum atomic E-state index is 6.77. The first kappa shape index (κ1) is 15.3. The van der Waals surface area contributed by atoms with Crippen molar-refractivity contribution in [2.24, 2.45) is 0 Å². The fourth-order valence-corrected chi connectivity index (χ4v) is 3.78. The summed E-state index contributed by atoms with van der Waals surface area (Å²) in [7, 11) is 0. The lowest BCUT2D eigenvalue weighted by Crippen LogP contribution is -2.46. The average molecular weight is 287 g/mol. The molecule has 2 fully saturated rings. The molecular formula is C15H27ClN2O. The van der Waals surface area contributed by atoms with E-state index in [9.17, 15) is 0 Å². The zero-order chi connectivity index (χ0) is 13.8. The largest absolute Gasteiger partial charge is 0.379 e. The predicted octanol–water partition coefficient (Wildman–Crippen LogP) is 2.70. The molecule has 0 bridgehead atoms. The van der Waals surface area contributed by atoms with Crippen LogP contribution in [0.25, 0.3) is 0 Å². The first-order valence-electron chi connectivity index (χ1n) is 7.48. The Hall–Kier alpha value is -0.0900. The Morgan fingerprint density at radius 1 is 1.00 bits per heavy atom. The summed E-state index contributed by atoms with van der Waals surface area (Å²) in [6.45, 7) is 12.7. The zero-order valence-corrected chi connectivity index (χ0v) is 13.2. The van der Waals surface area contributed by atoms with E-state index in [1.54, 1.807) is 0 Å². The summed E-state index contributed by atoms with van der Waals surface area (Å²) in [5, 5.41) is 0. The summed E-state index contributed by atoms with van der Waals surface area (Å²) in [5.74, 6) is 0. The number of rotatable bonds is 4. The molecule has 0 saturated carbocycles. The van der Waals surface area contributed by atoms with Crippen LogP contribution in [0.2, 0.25) is 0 Å². The number of allylic oxidation sites excluding steroid dienone is 1. The van der Waals surface area contributed by atoms with Crippen molar-refractivity contribution in [1.82, 2.24) is 9.80 Å². The molecule has 0 radical (unpaired) electrons. The van der Waals surface area contributed by atoms with Gasteiger partial charge >= 0.3 is 0 Å². The molecule has 2 aliphatic heterocycles. The van der Waals surface area contributed by atoms with Gasteiger partial charge in [-0.05, 0) is 52.3 Å². The molecule has 0 spiro atoms. The van der Waals surface area contributed by atoms with Crippen LogP contribution >= 0.6 is 11.6 Å². The van der Waals surface area contributed by atoms with Gasteiger partial charge in [-0.1, -0.05) is 5.57 Å². The fraction of sp³-hybridized carbons (Fsp3) is 0.867. The van der Waals surface area contributed by atoms with Gasteiger partial charge in [-0.3, -0.25) is 9.80 Å². The fourth-order valence-electron chi connectivity index (χ4n) is 3.18. The van der Waals surface area contributed by atoms with Crippen molar-refractivity contribution < 1.29 is 4.74 Å². The van der Waals surface area contributed by atoms with Gasteiger partial charge in [-0.25, -0.2) is 0 Å². The van der Waals surface area contributed by atoms with Gasteiger partial charge in [-0.15, -0.1) is 11.6 Å². The third-order valence-corrected chi connectivity index (χ3v) is 4.85. The smallest absolute Gasteiger partial charge is 0.108 e. The van der Waals surface area contributed by atoms with Crippen LogP contribution < -0.4 is 0 Å². The number of likely N-dealkylation sites (tertiary alicyclic amines) is 1. The monoisotopic (exact) mass is 286 g/mol. The minimum Gasteiger partial charge on any atom is -0.379 e. The number of morpholine rings is 1. The SMILES string of the molecule is CC(C)=C(C(C)N1CCOCC1)C(Cl)N1CCCC1. The van der Waals surface area contributed by atoms with Crippen molar-refractivity contribution in [1.29, 1.82) is 0 Å². The Morgan fingerprint density at radius 2 is 1.58 bits per heavy atom. The van der Waals surface area contributed by atoms with Crippen LogP contribution in [0.15, 0.2) is 11.1 Å². The second-order valence-electron chi connectivity index (χ2n) is 5.86. The maximum absolute atomic E-state index is 6.77. The quantitative estimate of drug-likeness (QED) is 0.449. The standard InChI is InChI=1S/C15H27ClN2O/c1-12(2)14(15(16)18-6-4-5-7-18)13(3)17-8-10-19-11-9-17/h13,15H,4-11H2,1-3H3. The number of hydrogen-bond donors (Lipinski definition) is 0. The van der Waals surface area contributed by atoms with E-state index >= 15 is 0 Å². The van der Waals surface area contributed by atoms with Crippen molar-refractivity contribution in [2.75, 3.05) is 39.4 Å². The Balaban J connectivity index is 2.08. The third kappa shape index (κ3) is 3.72. The average Bonchev–Trinajstić information content (AvgIpc) is 2.93. The first-order valence-corrected chi connectivity index (χ1v) is 7.92. The summed E-state index contributed by atoms with van der Waals surface area (Å²) in [6.07, 6.45) is 2.57. The highest BCUT2D eigenvalue weighted by molar-refractivity contribution is 6.22. The number of halogens is 1. The molecule has 0 aromatic heterocycles. The molecule has 0 aromatic carbocycles.